The van der Waals surface area contributed by atoms with Crippen LogP contribution in [0.2, 0.25) is 10.0 Å². The summed E-state index contributed by atoms with van der Waals surface area (Å²) in [4.78, 5) is 25.4. The number of nitrogens with zero attached hydrogens (tertiary/aromatic N) is 1. The van der Waals surface area contributed by atoms with Gasteiger partial charge in [0, 0.05) is 6.54 Å². The van der Waals surface area contributed by atoms with Gasteiger partial charge in [-0.3, -0.25) is 9.59 Å². The molecule has 0 aromatic heterocycles. The molecule has 2 rings (SSSR count). The number of carbonyl (C=O) groups excluding carboxylic acids is 1. The van der Waals surface area contributed by atoms with Crippen LogP contribution in [0, 0.1) is 5.92 Å². The van der Waals surface area contributed by atoms with Crippen molar-refractivity contribution in [3.8, 4) is 0 Å². The third kappa shape index (κ3) is 3.15. The second kappa shape index (κ2) is 6.64. The molecule has 1 saturated heterocycles. The fourth-order valence-electron chi connectivity index (χ4n) is 2.44. The van der Waals surface area contributed by atoms with E-state index in [1.165, 1.54) is 4.90 Å². The summed E-state index contributed by atoms with van der Waals surface area (Å²) in [5.74, 6) is -2.04. The molecule has 114 valence electrons. The van der Waals surface area contributed by atoms with E-state index < -0.39 is 17.9 Å². The first kappa shape index (κ1) is 16.1. The van der Waals surface area contributed by atoms with Gasteiger partial charge in [0.2, 0.25) is 0 Å². The van der Waals surface area contributed by atoms with E-state index in [4.69, 9.17) is 27.9 Å². The van der Waals surface area contributed by atoms with Crippen molar-refractivity contribution in [3.05, 3.63) is 33.8 Å². The van der Waals surface area contributed by atoms with Crippen molar-refractivity contribution in [2.45, 2.75) is 13.0 Å². The topological polar surface area (TPSA) is 66.8 Å². The maximum absolute atomic E-state index is 12.6. The van der Waals surface area contributed by atoms with Crippen molar-refractivity contribution in [3.63, 3.8) is 0 Å². The van der Waals surface area contributed by atoms with E-state index in [0.29, 0.717) is 6.54 Å². The van der Waals surface area contributed by atoms with Gasteiger partial charge in [-0.1, -0.05) is 29.3 Å². The number of halogens is 2. The molecule has 1 amide bonds. The number of carboxylic acids is 1. The monoisotopic (exact) mass is 331 g/mol. The smallest absolute Gasteiger partial charge is 0.311 e. The molecule has 1 aromatic rings. The number of likely N-dealkylation sites (N-methyl/N-ethyl adjacent to an activating group) is 1. The maximum Gasteiger partial charge on any atom is 0.311 e. The number of carboxylic acid groups (broad SMARTS) is 1. The molecule has 21 heavy (non-hydrogen) atoms. The molecule has 2 unspecified atom stereocenters. The summed E-state index contributed by atoms with van der Waals surface area (Å²) < 4.78 is 5.22. The van der Waals surface area contributed by atoms with Crippen molar-refractivity contribution in [1.82, 2.24) is 4.90 Å². The lowest BCUT2D eigenvalue weighted by Crippen LogP contribution is -2.46. The minimum Gasteiger partial charge on any atom is -0.481 e. The Balaban J connectivity index is 2.30. The van der Waals surface area contributed by atoms with E-state index in [1.807, 2.05) is 0 Å². The molecule has 1 aliphatic rings. The predicted octanol–water partition coefficient (Wildman–Crippen LogP) is 2.56. The highest BCUT2D eigenvalue weighted by atomic mass is 35.5. The van der Waals surface area contributed by atoms with Gasteiger partial charge in [-0.25, -0.2) is 0 Å². The average Bonchev–Trinajstić information content (AvgIpc) is 2.92. The number of ether oxygens (including phenoxy) is 1. The summed E-state index contributed by atoms with van der Waals surface area (Å²) in [5, 5.41) is 9.68. The maximum atomic E-state index is 12.6. The molecule has 1 fully saturated rings. The zero-order chi connectivity index (χ0) is 15.6. The van der Waals surface area contributed by atoms with Crippen molar-refractivity contribution >= 4 is 35.1 Å². The Bertz CT molecular complexity index is 564. The van der Waals surface area contributed by atoms with E-state index in [0.717, 1.165) is 0 Å². The second-order valence-electron chi connectivity index (χ2n) is 4.74. The minimum absolute atomic E-state index is 0.104. The van der Waals surface area contributed by atoms with Crippen LogP contribution >= 0.6 is 23.2 Å². The Morgan fingerprint density at radius 3 is 2.71 bits per heavy atom. The van der Waals surface area contributed by atoms with E-state index in [1.54, 1.807) is 25.1 Å². The summed E-state index contributed by atoms with van der Waals surface area (Å²) in [6, 6.07) is 4.30. The van der Waals surface area contributed by atoms with E-state index in [9.17, 15) is 14.7 Å². The Morgan fingerprint density at radius 2 is 2.10 bits per heavy atom. The van der Waals surface area contributed by atoms with Crippen LogP contribution in [-0.2, 0) is 9.53 Å². The Hall–Kier alpha value is -1.30. The number of hydrogen-bond acceptors (Lipinski definition) is 3. The Morgan fingerprint density at radius 1 is 1.38 bits per heavy atom. The predicted molar refractivity (Wildman–Crippen MR) is 78.9 cm³/mol. The van der Waals surface area contributed by atoms with Gasteiger partial charge in [0.25, 0.3) is 5.91 Å². The van der Waals surface area contributed by atoms with Crippen LogP contribution in [0.5, 0.6) is 0 Å². The fraction of sp³-hybridized carbons (Fsp3) is 0.429. The summed E-state index contributed by atoms with van der Waals surface area (Å²) in [6.45, 7) is 2.45. The Labute approximate surface area is 132 Å². The third-order valence-corrected chi connectivity index (χ3v) is 4.37. The number of benzene rings is 1. The lowest BCUT2D eigenvalue weighted by molar-refractivity contribution is -0.142. The Kier molecular flexibility index (Phi) is 5.08. The zero-order valence-electron chi connectivity index (χ0n) is 11.4. The number of aliphatic carboxylic acids is 1. The lowest BCUT2D eigenvalue weighted by atomic mass is 10.0. The van der Waals surface area contributed by atoms with Crippen LogP contribution in [0.4, 0.5) is 0 Å². The molecule has 0 aliphatic carbocycles. The summed E-state index contributed by atoms with van der Waals surface area (Å²) in [7, 11) is 0. The summed E-state index contributed by atoms with van der Waals surface area (Å²) >= 11 is 12.0. The highest BCUT2D eigenvalue weighted by Gasteiger charge is 2.40. The fourth-order valence-corrected chi connectivity index (χ4v) is 2.82. The SMILES string of the molecule is CCN(C(=O)c1cccc(Cl)c1Cl)C1COCC1C(=O)O. The van der Waals surface area contributed by atoms with Crippen molar-refractivity contribution in [1.29, 1.82) is 0 Å². The van der Waals surface area contributed by atoms with E-state index in [-0.39, 0.29) is 34.7 Å². The highest BCUT2D eigenvalue weighted by molar-refractivity contribution is 6.43. The van der Waals surface area contributed by atoms with Crippen LogP contribution in [-0.4, -0.2) is 47.7 Å². The molecule has 0 bridgehead atoms. The zero-order valence-corrected chi connectivity index (χ0v) is 12.9. The normalized spacial score (nSPS) is 21.3. The second-order valence-corrected chi connectivity index (χ2v) is 5.53. The van der Waals surface area contributed by atoms with E-state index >= 15 is 0 Å². The van der Waals surface area contributed by atoms with Crippen molar-refractivity contribution in [2.24, 2.45) is 5.92 Å². The molecule has 1 N–H and O–H groups in total. The molecular formula is C14H15Cl2NO4. The van der Waals surface area contributed by atoms with Gasteiger partial charge in [-0.15, -0.1) is 0 Å². The largest absolute Gasteiger partial charge is 0.481 e. The molecule has 1 heterocycles. The molecule has 1 aliphatic heterocycles. The first-order valence-corrected chi connectivity index (χ1v) is 7.28. The van der Waals surface area contributed by atoms with Crippen molar-refractivity contribution < 1.29 is 19.4 Å². The average molecular weight is 332 g/mol. The van der Waals surface area contributed by atoms with Crippen LogP contribution < -0.4 is 0 Å². The van der Waals surface area contributed by atoms with Gasteiger partial charge in [-0.2, -0.15) is 0 Å². The molecule has 0 saturated carbocycles. The van der Waals surface area contributed by atoms with Crippen LogP contribution in [0.15, 0.2) is 18.2 Å². The number of hydrogen-bond donors (Lipinski definition) is 1. The van der Waals surface area contributed by atoms with Gasteiger partial charge in [0.05, 0.1) is 34.9 Å². The summed E-state index contributed by atoms with van der Waals surface area (Å²) in [5.41, 5.74) is 0.266. The molecule has 0 radical (unpaired) electrons. The standard InChI is InChI=1S/C14H15Cl2NO4/c1-2-17(11-7-21-6-9(11)14(19)20)13(18)8-4-3-5-10(15)12(8)16/h3-5,9,11H,2,6-7H2,1H3,(H,19,20). The van der Waals surface area contributed by atoms with Crippen LogP contribution in [0.1, 0.15) is 17.3 Å². The quantitative estimate of drug-likeness (QED) is 0.920. The van der Waals surface area contributed by atoms with Gasteiger partial charge < -0.3 is 14.7 Å². The third-order valence-electron chi connectivity index (χ3n) is 3.55. The molecular weight excluding hydrogens is 317 g/mol. The molecule has 0 spiro atoms. The van der Waals surface area contributed by atoms with Crippen LogP contribution in [0.25, 0.3) is 0 Å². The number of carbonyl (C=O) groups is 2. The summed E-state index contributed by atoms with van der Waals surface area (Å²) in [6.07, 6.45) is 0. The van der Waals surface area contributed by atoms with Gasteiger partial charge in [0.1, 0.15) is 5.92 Å². The minimum atomic E-state index is -0.971. The molecule has 2 atom stereocenters. The first-order valence-electron chi connectivity index (χ1n) is 6.52. The molecule has 1 aromatic carbocycles. The van der Waals surface area contributed by atoms with Crippen LogP contribution in [0.3, 0.4) is 0 Å². The number of amides is 1. The lowest BCUT2D eigenvalue weighted by Gasteiger charge is -2.29. The van der Waals surface area contributed by atoms with E-state index in [2.05, 4.69) is 0 Å². The number of rotatable bonds is 4. The van der Waals surface area contributed by atoms with Gasteiger partial charge in [0.15, 0.2) is 0 Å². The van der Waals surface area contributed by atoms with Gasteiger partial charge in [-0.05, 0) is 19.1 Å². The molecule has 5 nitrogen and oxygen atoms in total. The highest BCUT2D eigenvalue weighted by Crippen LogP contribution is 2.28. The molecule has 7 heteroatoms. The van der Waals surface area contributed by atoms with Gasteiger partial charge >= 0.3 is 5.97 Å². The first-order chi connectivity index (χ1) is 9.97. The van der Waals surface area contributed by atoms with Crippen molar-refractivity contribution in [2.75, 3.05) is 19.8 Å².